The van der Waals surface area contributed by atoms with Crippen LogP contribution in [0.3, 0.4) is 0 Å². The van der Waals surface area contributed by atoms with Gasteiger partial charge in [0.1, 0.15) is 17.3 Å². The molecule has 4 nitrogen and oxygen atoms in total. The van der Waals surface area contributed by atoms with E-state index in [1.165, 1.54) is 18.6 Å². The topological polar surface area (TPSA) is 49.4 Å². The number of nitrogens with zero attached hydrogens (tertiary/aromatic N) is 1. The second-order valence-corrected chi connectivity index (χ2v) is 10.2. The van der Waals surface area contributed by atoms with Crippen LogP contribution in [0.4, 0.5) is 14.5 Å². The number of hydrogen-bond donors (Lipinski definition) is 1. The first-order valence-corrected chi connectivity index (χ1v) is 12.6. The van der Waals surface area contributed by atoms with Gasteiger partial charge in [-0.25, -0.2) is 8.78 Å². The van der Waals surface area contributed by atoms with E-state index in [1.54, 1.807) is 12.1 Å². The number of nitrogens with one attached hydrogen (secondary N) is 1. The Labute approximate surface area is 199 Å². The quantitative estimate of drug-likeness (QED) is 0.573. The van der Waals surface area contributed by atoms with Gasteiger partial charge in [0, 0.05) is 19.0 Å². The van der Waals surface area contributed by atoms with E-state index >= 15 is 0 Å². The number of hydrogen-bond acceptors (Lipinski definition) is 2. The summed E-state index contributed by atoms with van der Waals surface area (Å²) in [7, 11) is 0. The van der Waals surface area contributed by atoms with Crippen molar-refractivity contribution in [3.63, 3.8) is 0 Å². The molecule has 2 aliphatic carbocycles. The summed E-state index contributed by atoms with van der Waals surface area (Å²) in [6.07, 6.45) is 8.46. The molecule has 2 aromatic rings. The van der Waals surface area contributed by atoms with Crippen molar-refractivity contribution in [2.45, 2.75) is 57.8 Å². The molecule has 180 valence electrons. The molecular weight excluding hydrogens is 434 g/mol. The number of carbonyl (C=O) groups is 2. The Hall–Kier alpha value is -2.76. The Balaban J connectivity index is 1.23. The molecule has 0 radical (unpaired) electrons. The highest BCUT2D eigenvalue weighted by molar-refractivity contribution is 5.98. The molecule has 2 aromatic carbocycles. The summed E-state index contributed by atoms with van der Waals surface area (Å²) in [5.41, 5.74) is 0.203. The van der Waals surface area contributed by atoms with Gasteiger partial charge in [-0.15, -0.1) is 0 Å². The van der Waals surface area contributed by atoms with Crippen LogP contribution >= 0.6 is 0 Å². The van der Waals surface area contributed by atoms with Gasteiger partial charge in [-0.3, -0.25) is 9.59 Å². The molecule has 2 amide bonds. The first kappa shape index (κ1) is 23.0. The van der Waals surface area contributed by atoms with Crippen LogP contribution in [0, 0.1) is 28.9 Å². The zero-order chi connectivity index (χ0) is 23.7. The molecule has 6 heteroatoms. The fraction of sp³-hybridized carbons (Fsp3) is 0.500. The van der Waals surface area contributed by atoms with Crippen LogP contribution in [-0.4, -0.2) is 29.8 Å². The fourth-order valence-corrected chi connectivity index (χ4v) is 5.94. The molecule has 1 heterocycles. The average Bonchev–Trinajstić information content (AvgIpc) is 3.69. The summed E-state index contributed by atoms with van der Waals surface area (Å²) in [6.45, 7) is 1.34. The predicted molar refractivity (Wildman–Crippen MR) is 128 cm³/mol. The lowest BCUT2D eigenvalue weighted by atomic mass is 9.80. The average molecular weight is 467 g/mol. The molecule has 1 aliphatic heterocycles. The van der Waals surface area contributed by atoms with E-state index in [0.29, 0.717) is 24.2 Å². The number of anilines is 1. The fourth-order valence-electron chi connectivity index (χ4n) is 5.94. The maximum absolute atomic E-state index is 14.8. The minimum atomic E-state index is -0.768. The van der Waals surface area contributed by atoms with Crippen molar-refractivity contribution in [3.8, 4) is 11.1 Å². The Morgan fingerprint density at radius 2 is 1.47 bits per heavy atom. The molecule has 0 aromatic heterocycles. The first-order chi connectivity index (χ1) is 16.5. The molecule has 0 unspecified atom stereocenters. The lowest BCUT2D eigenvalue weighted by Gasteiger charge is -2.38. The van der Waals surface area contributed by atoms with Gasteiger partial charge in [0.15, 0.2) is 0 Å². The second kappa shape index (κ2) is 9.47. The van der Waals surface area contributed by atoms with E-state index in [1.807, 2.05) is 23.1 Å². The molecule has 0 atom stereocenters. The third-order valence-electron chi connectivity index (χ3n) is 8.17. The highest BCUT2D eigenvalue weighted by Crippen LogP contribution is 2.56. The standard InChI is InChI=1S/C28H32F2N2O2/c29-23-17-21(19-7-3-1-4-8-19)18-24(30)25(23)31-27(34)28(13-14-28)22-11-15-32(16-12-22)26(33)20-9-5-2-6-10-20/h1,3-4,7-8,17-18,20,22H,2,5-6,9-16H2,(H,31,34). The number of halogens is 2. The van der Waals surface area contributed by atoms with E-state index < -0.39 is 17.0 Å². The number of likely N-dealkylation sites (tertiary alicyclic amines) is 1. The van der Waals surface area contributed by atoms with Gasteiger partial charge >= 0.3 is 0 Å². The number of rotatable bonds is 5. The van der Waals surface area contributed by atoms with Crippen LogP contribution < -0.4 is 5.32 Å². The maximum Gasteiger partial charge on any atom is 0.231 e. The molecule has 3 fully saturated rings. The third kappa shape index (κ3) is 4.47. The number of benzene rings is 2. The molecule has 2 saturated carbocycles. The highest BCUT2D eigenvalue weighted by atomic mass is 19.1. The van der Waals surface area contributed by atoms with Crippen molar-refractivity contribution >= 4 is 17.5 Å². The van der Waals surface area contributed by atoms with Gasteiger partial charge in [0.05, 0.1) is 5.41 Å². The summed E-state index contributed by atoms with van der Waals surface area (Å²) in [6, 6.07) is 11.6. The molecule has 1 saturated heterocycles. The van der Waals surface area contributed by atoms with Crippen LogP contribution in [0.15, 0.2) is 42.5 Å². The van der Waals surface area contributed by atoms with Crippen molar-refractivity contribution in [1.82, 2.24) is 4.90 Å². The lowest BCUT2D eigenvalue weighted by Crippen LogP contribution is -2.45. The summed E-state index contributed by atoms with van der Waals surface area (Å²) < 4.78 is 29.7. The van der Waals surface area contributed by atoms with E-state index in [4.69, 9.17) is 0 Å². The van der Waals surface area contributed by atoms with Gasteiger partial charge < -0.3 is 10.2 Å². The largest absolute Gasteiger partial charge is 0.342 e. The van der Waals surface area contributed by atoms with Gasteiger partial charge in [-0.2, -0.15) is 0 Å². The van der Waals surface area contributed by atoms with Crippen LogP contribution in [0.5, 0.6) is 0 Å². The van der Waals surface area contributed by atoms with Gasteiger partial charge in [0.25, 0.3) is 0 Å². The van der Waals surface area contributed by atoms with E-state index in [0.717, 1.165) is 51.4 Å². The maximum atomic E-state index is 14.8. The van der Waals surface area contributed by atoms with Gasteiger partial charge in [-0.05, 0) is 67.7 Å². The third-order valence-corrected chi connectivity index (χ3v) is 8.17. The van der Waals surface area contributed by atoms with Gasteiger partial charge in [0.2, 0.25) is 11.8 Å². The summed E-state index contributed by atoms with van der Waals surface area (Å²) in [5, 5.41) is 2.57. The number of piperidine rings is 1. The van der Waals surface area contributed by atoms with Crippen LogP contribution in [-0.2, 0) is 9.59 Å². The number of amides is 2. The molecular formula is C28H32F2N2O2. The molecule has 34 heavy (non-hydrogen) atoms. The minimum absolute atomic E-state index is 0.137. The number of carbonyl (C=O) groups excluding carboxylic acids is 2. The highest BCUT2D eigenvalue weighted by Gasteiger charge is 2.56. The van der Waals surface area contributed by atoms with Crippen LogP contribution in [0.25, 0.3) is 11.1 Å². The summed E-state index contributed by atoms with van der Waals surface area (Å²) in [4.78, 5) is 28.0. The Bertz CT molecular complexity index is 1030. The Morgan fingerprint density at radius 1 is 0.853 bits per heavy atom. The van der Waals surface area contributed by atoms with E-state index in [2.05, 4.69) is 5.32 Å². The lowest BCUT2D eigenvalue weighted by molar-refractivity contribution is -0.138. The van der Waals surface area contributed by atoms with Crippen LogP contribution in [0.2, 0.25) is 0 Å². The normalized spacial score (nSPS) is 20.7. The van der Waals surface area contributed by atoms with Gasteiger partial charge in [-0.1, -0.05) is 49.6 Å². The smallest absolute Gasteiger partial charge is 0.231 e. The SMILES string of the molecule is O=C(C1CCCCC1)N1CCC(C2(C(=O)Nc3c(F)cc(-c4ccccc4)cc3F)CC2)CC1. The molecule has 3 aliphatic rings. The van der Waals surface area contributed by atoms with E-state index in [9.17, 15) is 18.4 Å². The summed E-state index contributed by atoms with van der Waals surface area (Å²) >= 11 is 0. The first-order valence-electron chi connectivity index (χ1n) is 12.6. The van der Waals surface area contributed by atoms with Crippen molar-refractivity contribution in [1.29, 1.82) is 0 Å². The van der Waals surface area contributed by atoms with Crippen molar-refractivity contribution in [2.24, 2.45) is 17.3 Å². The van der Waals surface area contributed by atoms with Crippen molar-refractivity contribution in [2.75, 3.05) is 18.4 Å². The van der Waals surface area contributed by atoms with Crippen molar-refractivity contribution in [3.05, 3.63) is 54.1 Å². The Kier molecular flexibility index (Phi) is 6.41. The molecule has 0 bridgehead atoms. The second-order valence-electron chi connectivity index (χ2n) is 10.2. The molecule has 5 rings (SSSR count). The molecule has 0 spiro atoms. The van der Waals surface area contributed by atoms with Crippen molar-refractivity contribution < 1.29 is 18.4 Å². The monoisotopic (exact) mass is 466 g/mol. The Morgan fingerprint density at radius 3 is 2.06 bits per heavy atom. The van der Waals surface area contributed by atoms with E-state index in [-0.39, 0.29) is 29.3 Å². The zero-order valence-corrected chi connectivity index (χ0v) is 19.5. The molecule has 1 N–H and O–H groups in total. The zero-order valence-electron chi connectivity index (χ0n) is 19.5. The van der Waals surface area contributed by atoms with Crippen LogP contribution in [0.1, 0.15) is 57.8 Å². The summed E-state index contributed by atoms with van der Waals surface area (Å²) in [5.74, 6) is -1.26. The predicted octanol–water partition coefficient (Wildman–Crippen LogP) is 6.17. The minimum Gasteiger partial charge on any atom is -0.342 e.